The number of aryl methyl sites for hydroxylation is 2. The molecule has 0 saturated heterocycles. The highest BCUT2D eigenvalue weighted by atomic mass is 35.5. The first kappa shape index (κ1) is 12.7. The second-order valence-corrected chi connectivity index (χ2v) is 4.84. The standard InChI is InChI=1S/C14H12ClN5/c1-9-4-5-10(2)11(8-9)12-17-13(15)19-14(18-12)20-7-3-6-16-20/h3-8H,1-2H3. The summed E-state index contributed by atoms with van der Waals surface area (Å²) in [6.07, 6.45) is 3.42. The molecule has 0 aliphatic carbocycles. The highest BCUT2D eigenvalue weighted by molar-refractivity contribution is 6.28. The Labute approximate surface area is 121 Å². The fourth-order valence-electron chi connectivity index (χ4n) is 1.93. The number of hydrogen-bond donors (Lipinski definition) is 0. The van der Waals surface area contributed by atoms with Gasteiger partial charge in [0.2, 0.25) is 5.28 Å². The van der Waals surface area contributed by atoms with Gasteiger partial charge in [0.1, 0.15) is 0 Å². The average molecular weight is 286 g/mol. The number of rotatable bonds is 2. The van der Waals surface area contributed by atoms with E-state index in [1.54, 1.807) is 23.1 Å². The van der Waals surface area contributed by atoms with E-state index in [0.29, 0.717) is 11.8 Å². The summed E-state index contributed by atoms with van der Waals surface area (Å²) in [7, 11) is 0. The molecule has 6 heteroatoms. The van der Waals surface area contributed by atoms with Crippen LogP contribution < -0.4 is 0 Å². The number of halogens is 1. The molecular weight excluding hydrogens is 274 g/mol. The molecule has 0 radical (unpaired) electrons. The topological polar surface area (TPSA) is 56.5 Å². The Kier molecular flexibility index (Phi) is 3.20. The van der Waals surface area contributed by atoms with Crippen molar-refractivity contribution in [2.45, 2.75) is 13.8 Å². The molecular formula is C14H12ClN5. The van der Waals surface area contributed by atoms with E-state index >= 15 is 0 Å². The maximum Gasteiger partial charge on any atom is 0.255 e. The minimum absolute atomic E-state index is 0.154. The third-order valence-electron chi connectivity index (χ3n) is 2.94. The van der Waals surface area contributed by atoms with E-state index in [9.17, 15) is 0 Å². The van der Waals surface area contributed by atoms with Crippen LogP contribution in [-0.2, 0) is 0 Å². The molecule has 2 heterocycles. The zero-order valence-corrected chi connectivity index (χ0v) is 11.8. The smallest absolute Gasteiger partial charge is 0.206 e. The minimum atomic E-state index is 0.154. The fraction of sp³-hybridized carbons (Fsp3) is 0.143. The summed E-state index contributed by atoms with van der Waals surface area (Å²) in [6.45, 7) is 4.04. The molecule has 0 unspecified atom stereocenters. The largest absolute Gasteiger partial charge is 0.255 e. The SMILES string of the molecule is Cc1ccc(C)c(-c2nc(Cl)nc(-n3cccn3)n2)c1. The van der Waals surface area contributed by atoms with Gasteiger partial charge in [-0.2, -0.15) is 20.1 Å². The Balaban J connectivity index is 2.17. The Bertz CT molecular complexity index is 752. The molecule has 5 nitrogen and oxygen atoms in total. The van der Waals surface area contributed by atoms with Crippen LogP contribution in [0.5, 0.6) is 0 Å². The summed E-state index contributed by atoms with van der Waals surface area (Å²) < 4.78 is 1.56. The lowest BCUT2D eigenvalue weighted by molar-refractivity contribution is 0.797. The highest BCUT2D eigenvalue weighted by Gasteiger charge is 2.11. The molecule has 0 amide bonds. The van der Waals surface area contributed by atoms with Gasteiger partial charge >= 0.3 is 0 Å². The highest BCUT2D eigenvalue weighted by Crippen LogP contribution is 2.22. The van der Waals surface area contributed by atoms with Gasteiger partial charge in [0.25, 0.3) is 5.95 Å². The van der Waals surface area contributed by atoms with Crippen molar-refractivity contribution in [3.8, 4) is 17.3 Å². The van der Waals surface area contributed by atoms with Gasteiger partial charge in [-0.05, 0) is 43.1 Å². The van der Waals surface area contributed by atoms with Crippen molar-refractivity contribution in [1.29, 1.82) is 0 Å². The van der Waals surface area contributed by atoms with Crippen molar-refractivity contribution >= 4 is 11.6 Å². The molecule has 0 fully saturated rings. The van der Waals surface area contributed by atoms with Crippen LogP contribution in [0.2, 0.25) is 5.28 Å². The van der Waals surface area contributed by atoms with Crippen LogP contribution in [0, 0.1) is 13.8 Å². The van der Waals surface area contributed by atoms with Crippen molar-refractivity contribution in [3.05, 3.63) is 53.1 Å². The van der Waals surface area contributed by atoms with Crippen LogP contribution in [0.3, 0.4) is 0 Å². The molecule has 0 aliphatic rings. The van der Waals surface area contributed by atoms with Crippen molar-refractivity contribution in [2.24, 2.45) is 0 Å². The molecule has 0 atom stereocenters. The van der Waals surface area contributed by atoms with E-state index < -0.39 is 0 Å². The summed E-state index contributed by atoms with van der Waals surface area (Å²) >= 11 is 6.01. The van der Waals surface area contributed by atoms with E-state index in [1.165, 1.54) is 0 Å². The van der Waals surface area contributed by atoms with Gasteiger partial charge < -0.3 is 0 Å². The lowest BCUT2D eigenvalue weighted by Crippen LogP contribution is -2.05. The van der Waals surface area contributed by atoms with Gasteiger partial charge in [0, 0.05) is 18.0 Å². The Morgan fingerprint density at radius 1 is 1.10 bits per heavy atom. The molecule has 0 bridgehead atoms. The normalized spacial score (nSPS) is 10.8. The summed E-state index contributed by atoms with van der Waals surface area (Å²) in [6, 6.07) is 7.93. The third-order valence-corrected chi connectivity index (χ3v) is 3.11. The van der Waals surface area contributed by atoms with E-state index in [1.807, 2.05) is 26.0 Å². The van der Waals surface area contributed by atoms with Crippen LogP contribution in [0.15, 0.2) is 36.7 Å². The van der Waals surface area contributed by atoms with Crippen LogP contribution in [0.25, 0.3) is 17.3 Å². The molecule has 1 aromatic carbocycles. The van der Waals surface area contributed by atoms with Crippen LogP contribution in [-0.4, -0.2) is 24.7 Å². The minimum Gasteiger partial charge on any atom is -0.206 e. The van der Waals surface area contributed by atoms with E-state index in [-0.39, 0.29) is 5.28 Å². The van der Waals surface area contributed by atoms with Gasteiger partial charge in [-0.25, -0.2) is 4.68 Å². The molecule has 100 valence electrons. The number of hydrogen-bond acceptors (Lipinski definition) is 4. The number of nitrogens with zero attached hydrogens (tertiary/aromatic N) is 5. The first-order valence-corrected chi connectivity index (χ1v) is 6.50. The Morgan fingerprint density at radius 2 is 1.95 bits per heavy atom. The Morgan fingerprint density at radius 3 is 2.70 bits per heavy atom. The van der Waals surface area contributed by atoms with Gasteiger partial charge in [0.05, 0.1) is 0 Å². The molecule has 3 rings (SSSR count). The quantitative estimate of drug-likeness (QED) is 0.726. The van der Waals surface area contributed by atoms with Crippen LogP contribution >= 0.6 is 11.6 Å². The molecule has 0 N–H and O–H groups in total. The molecule has 0 spiro atoms. The predicted octanol–water partition coefficient (Wildman–Crippen LogP) is 2.99. The van der Waals surface area contributed by atoms with Gasteiger partial charge in [-0.1, -0.05) is 17.7 Å². The van der Waals surface area contributed by atoms with Crippen LogP contribution in [0.4, 0.5) is 0 Å². The molecule has 3 aromatic rings. The maximum atomic E-state index is 6.01. The summed E-state index contributed by atoms with van der Waals surface area (Å²) in [5, 5.41) is 4.26. The van der Waals surface area contributed by atoms with Crippen molar-refractivity contribution in [1.82, 2.24) is 24.7 Å². The average Bonchev–Trinajstić information content (AvgIpc) is 2.95. The summed E-state index contributed by atoms with van der Waals surface area (Å²) in [5.74, 6) is 0.961. The number of benzene rings is 1. The number of aromatic nitrogens is 5. The maximum absolute atomic E-state index is 6.01. The molecule has 2 aromatic heterocycles. The van der Waals surface area contributed by atoms with E-state index in [4.69, 9.17) is 11.6 Å². The van der Waals surface area contributed by atoms with Crippen LogP contribution in [0.1, 0.15) is 11.1 Å². The van der Waals surface area contributed by atoms with E-state index in [2.05, 4.69) is 26.1 Å². The first-order chi connectivity index (χ1) is 9.63. The fourth-order valence-corrected chi connectivity index (χ4v) is 2.08. The second-order valence-electron chi connectivity index (χ2n) is 4.50. The van der Waals surface area contributed by atoms with Crippen molar-refractivity contribution < 1.29 is 0 Å². The first-order valence-electron chi connectivity index (χ1n) is 6.13. The zero-order chi connectivity index (χ0) is 14.1. The van der Waals surface area contributed by atoms with Crippen molar-refractivity contribution in [3.63, 3.8) is 0 Å². The summed E-state index contributed by atoms with van der Waals surface area (Å²) in [5.41, 5.74) is 3.18. The predicted molar refractivity (Wildman–Crippen MR) is 76.9 cm³/mol. The van der Waals surface area contributed by atoms with E-state index in [0.717, 1.165) is 16.7 Å². The second kappa shape index (κ2) is 5.02. The third kappa shape index (κ3) is 2.40. The van der Waals surface area contributed by atoms with Gasteiger partial charge in [-0.15, -0.1) is 0 Å². The lowest BCUT2D eigenvalue weighted by atomic mass is 10.1. The summed E-state index contributed by atoms with van der Waals surface area (Å²) in [4.78, 5) is 12.8. The molecule has 0 aliphatic heterocycles. The lowest BCUT2D eigenvalue weighted by Gasteiger charge is -2.07. The Hall–Kier alpha value is -2.27. The monoisotopic (exact) mass is 285 g/mol. The molecule has 0 saturated carbocycles. The van der Waals surface area contributed by atoms with Gasteiger partial charge in [-0.3, -0.25) is 0 Å². The van der Waals surface area contributed by atoms with Gasteiger partial charge in [0.15, 0.2) is 5.82 Å². The van der Waals surface area contributed by atoms with Crippen molar-refractivity contribution in [2.75, 3.05) is 0 Å². The zero-order valence-electron chi connectivity index (χ0n) is 11.1. The molecule has 20 heavy (non-hydrogen) atoms.